The van der Waals surface area contributed by atoms with Gasteiger partial charge in [-0.2, -0.15) is 5.26 Å². The predicted molar refractivity (Wildman–Crippen MR) is 116 cm³/mol. The van der Waals surface area contributed by atoms with Gasteiger partial charge in [-0.25, -0.2) is 0 Å². The number of nitrogens with zero attached hydrogens (tertiary/aromatic N) is 2. The van der Waals surface area contributed by atoms with Gasteiger partial charge >= 0.3 is 0 Å². The molecule has 32 heavy (non-hydrogen) atoms. The van der Waals surface area contributed by atoms with Crippen molar-refractivity contribution in [2.75, 3.05) is 28.4 Å². The van der Waals surface area contributed by atoms with E-state index in [1.54, 1.807) is 33.5 Å². The lowest BCUT2D eigenvalue weighted by Crippen LogP contribution is -2.21. The molecule has 0 fully saturated rings. The molecule has 1 atom stereocenters. The molecule has 1 aliphatic heterocycles. The van der Waals surface area contributed by atoms with Crippen molar-refractivity contribution in [2.24, 2.45) is 5.73 Å². The first kappa shape index (κ1) is 20.9. The average Bonchev–Trinajstić information content (AvgIpc) is 3.25. The van der Waals surface area contributed by atoms with Gasteiger partial charge in [-0.3, -0.25) is 5.10 Å². The van der Waals surface area contributed by atoms with Crippen LogP contribution in [0.25, 0.3) is 11.3 Å². The molecule has 9 nitrogen and oxygen atoms in total. The number of nitrogens with two attached hydrogens (primary N) is 1. The SMILES string of the molecule is COc1ccccc1[C@@H]1C(C#N)=C(N)Oc2n[nH]c(-c3cc(OC)c(OC)c(OC)c3)c21. The third-order valence-electron chi connectivity index (χ3n) is 5.34. The van der Waals surface area contributed by atoms with Crippen LogP contribution in [0.3, 0.4) is 0 Å². The Morgan fingerprint density at radius 1 is 1.00 bits per heavy atom. The topological polar surface area (TPSA) is 125 Å². The molecule has 2 heterocycles. The van der Waals surface area contributed by atoms with Crippen LogP contribution in [0, 0.1) is 11.3 Å². The van der Waals surface area contributed by atoms with Gasteiger partial charge in [0, 0.05) is 11.1 Å². The largest absolute Gasteiger partial charge is 0.496 e. The molecule has 0 amide bonds. The molecule has 1 aromatic heterocycles. The molecular weight excluding hydrogens is 412 g/mol. The number of H-pyrrole nitrogens is 1. The lowest BCUT2D eigenvalue weighted by Gasteiger charge is -2.25. The number of aromatic nitrogens is 2. The minimum Gasteiger partial charge on any atom is -0.496 e. The van der Waals surface area contributed by atoms with Crippen LogP contribution < -0.4 is 29.4 Å². The Bertz CT molecular complexity index is 1220. The monoisotopic (exact) mass is 434 g/mol. The number of benzene rings is 2. The molecule has 4 rings (SSSR count). The van der Waals surface area contributed by atoms with Crippen LogP contribution in [-0.2, 0) is 0 Å². The standard InChI is InChI=1S/C23H22N4O5/c1-28-15-8-6-5-7-13(15)18-14(11-24)22(25)32-23-19(18)20(26-27-23)12-9-16(29-2)21(31-4)17(10-12)30-3/h5-10,18H,25H2,1-4H3,(H,26,27)/t18-/m1/s1. The number of ether oxygens (including phenoxy) is 5. The molecule has 0 spiro atoms. The van der Waals surface area contributed by atoms with E-state index in [-0.39, 0.29) is 17.3 Å². The summed E-state index contributed by atoms with van der Waals surface area (Å²) in [5, 5.41) is 17.2. The first-order valence-electron chi connectivity index (χ1n) is 9.67. The first-order chi connectivity index (χ1) is 15.6. The maximum Gasteiger partial charge on any atom is 0.244 e. The summed E-state index contributed by atoms with van der Waals surface area (Å²) in [7, 11) is 6.20. The second-order valence-corrected chi connectivity index (χ2v) is 6.90. The Morgan fingerprint density at radius 3 is 2.25 bits per heavy atom. The maximum atomic E-state index is 9.92. The van der Waals surface area contributed by atoms with Crippen LogP contribution in [0.1, 0.15) is 17.0 Å². The Morgan fingerprint density at radius 2 is 1.66 bits per heavy atom. The summed E-state index contributed by atoms with van der Waals surface area (Å²) < 4.78 is 27.7. The Balaban J connectivity index is 1.98. The van der Waals surface area contributed by atoms with Crippen molar-refractivity contribution in [3.8, 4) is 46.2 Å². The van der Waals surface area contributed by atoms with E-state index >= 15 is 0 Å². The van der Waals surface area contributed by atoms with Crippen molar-refractivity contribution < 1.29 is 23.7 Å². The van der Waals surface area contributed by atoms with Crippen LogP contribution in [0.15, 0.2) is 47.9 Å². The number of aromatic amines is 1. The van der Waals surface area contributed by atoms with Crippen LogP contribution in [0.5, 0.6) is 28.9 Å². The molecule has 9 heteroatoms. The number of rotatable bonds is 6. The Kier molecular flexibility index (Phi) is 5.52. The minimum absolute atomic E-state index is 0.00107. The number of hydrogen-bond donors (Lipinski definition) is 2. The van der Waals surface area contributed by atoms with Crippen LogP contribution in [0.2, 0.25) is 0 Å². The molecule has 0 radical (unpaired) electrons. The third kappa shape index (κ3) is 3.22. The molecule has 2 aromatic carbocycles. The zero-order valence-corrected chi connectivity index (χ0v) is 18.1. The average molecular weight is 434 g/mol. The molecule has 0 aliphatic carbocycles. The lowest BCUT2D eigenvalue weighted by atomic mass is 9.82. The van der Waals surface area contributed by atoms with Gasteiger partial charge in [0.25, 0.3) is 0 Å². The van der Waals surface area contributed by atoms with Gasteiger partial charge in [0.2, 0.25) is 17.5 Å². The molecule has 0 saturated carbocycles. The van der Waals surface area contributed by atoms with Crippen LogP contribution >= 0.6 is 0 Å². The second kappa shape index (κ2) is 8.43. The molecular formula is C23H22N4O5. The number of hydrogen-bond acceptors (Lipinski definition) is 8. The lowest BCUT2D eigenvalue weighted by molar-refractivity contribution is 0.324. The summed E-state index contributed by atoms with van der Waals surface area (Å²) in [6.07, 6.45) is 0. The van der Waals surface area contributed by atoms with E-state index in [2.05, 4.69) is 16.3 Å². The van der Waals surface area contributed by atoms with E-state index < -0.39 is 5.92 Å². The van der Waals surface area contributed by atoms with Crippen molar-refractivity contribution in [3.63, 3.8) is 0 Å². The predicted octanol–water partition coefficient (Wildman–Crippen LogP) is 3.33. The number of para-hydroxylation sites is 1. The van der Waals surface area contributed by atoms with Gasteiger partial charge in [-0.1, -0.05) is 18.2 Å². The van der Waals surface area contributed by atoms with Crippen molar-refractivity contribution in [3.05, 3.63) is 59.0 Å². The van der Waals surface area contributed by atoms with Crippen LogP contribution in [-0.4, -0.2) is 38.6 Å². The molecule has 3 aromatic rings. The normalized spacial score (nSPS) is 14.8. The molecule has 164 valence electrons. The van der Waals surface area contributed by atoms with Gasteiger partial charge in [0.1, 0.15) is 17.4 Å². The Labute approximate surface area is 184 Å². The summed E-state index contributed by atoms with van der Waals surface area (Å²) >= 11 is 0. The zero-order valence-electron chi connectivity index (χ0n) is 18.1. The fraction of sp³-hybridized carbons (Fsp3) is 0.217. The number of methoxy groups -OCH3 is 4. The van der Waals surface area contributed by atoms with Crippen molar-refractivity contribution in [1.82, 2.24) is 10.2 Å². The second-order valence-electron chi connectivity index (χ2n) is 6.90. The fourth-order valence-corrected chi connectivity index (χ4v) is 3.91. The van der Waals surface area contributed by atoms with Gasteiger partial charge in [-0.15, -0.1) is 5.10 Å². The number of nitrogens with one attached hydrogen (secondary N) is 1. The van der Waals surface area contributed by atoms with Gasteiger partial charge in [0.15, 0.2) is 11.5 Å². The van der Waals surface area contributed by atoms with E-state index in [1.165, 1.54) is 7.11 Å². The molecule has 1 aliphatic rings. The zero-order chi connectivity index (χ0) is 22.8. The number of fused-ring (bicyclic) bond motifs is 1. The highest BCUT2D eigenvalue weighted by atomic mass is 16.5. The van der Waals surface area contributed by atoms with Crippen molar-refractivity contribution in [2.45, 2.75) is 5.92 Å². The highest BCUT2D eigenvalue weighted by Gasteiger charge is 2.37. The van der Waals surface area contributed by atoms with Crippen LogP contribution in [0.4, 0.5) is 0 Å². The summed E-state index contributed by atoms with van der Waals surface area (Å²) in [5.41, 5.74) is 9.08. The fourth-order valence-electron chi connectivity index (χ4n) is 3.91. The third-order valence-corrected chi connectivity index (χ3v) is 5.34. The molecule has 0 saturated heterocycles. The quantitative estimate of drug-likeness (QED) is 0.605. The van der Waals surface area contributed by atoms with E-state index in [1.807, 2.05) is 24.3 Å². The van der Waals surface area contributed by atoms with Gasteiger partial charge in [0.05, 0.1) is 45.6 Å². The summed E-state index contributed by atoms with van der Waals surface area (Å²) in [6, 6.07) is 13.2. The van der Waals surface area contributed by atoms with E-state index in [0.29, 0.717) is 39.8 Å². The Hall–Kier alpha value is -4.32. The highest BCUT2D eigenvalue weighted by molar-refractivity contribution is 5.75. The number of nitriles is 1. The van der Waals surface area contributed by atoms with Gasteiger partial charge < -0.3 is 29.4 Å². The summed E-state index contributed by atoms with van der Waals surface area (Å²) in [4.78, 5) is 0. The van der Waals surface area contributed by atoms with Crippen molar-refractivity contribution >= 4 is 0 Å². The highest BCUT2D eigenvalue weighted by Crippen LogP contribution is 2.49. The molecule has 0 unspecified atom stereocenters. The molecule has 0 bridgehead atoms. The maximum absolute atomic E-state index is 9.92. The number of allylic oxidation sites excluding steroid dienone is 1. The summed E-state index contributed by atoms with van der Waals surface area (Å²) in [6.45, 7) is 0. The molecule has 3 N–H and O–H groups in total. The van der Waals surface area contributed by atoms with E-state index in [4.69, 9.17) is 29.4 Å². The van der Waals surface area contributed by atoms with Crippen molar-refractivity contribution in [1.29, 1.82) is 5.26 Å². The smallest absolute Gasteiger partial charge is 0.244 e. The van der Waals surface area contributed by atoms with Gasteiger partial charge in [-0.05, 0) is 18.2 Å². The van der Waals surface area contributed by atoms with E-state index in [9.17, 15) is 5.26 Å². The minimum atomic E-state index is -0.562. The first-order valence-corrected chi connectivity index (χ1v) is 9.67. The van der Waals surface area contributed by atoms with E-state index in [0.717, 1.165) is 5.56 Å². The summed E-state index contributed by atoms with van der Waals surface area (Å²) in [5.74, 6) is 1.75.